The minimum atomic E-state index is -0.338. The van der Waals surface area contributed by atoms with Gasteiger partial charge in [-0.3, -0.25) is 4.79 Å². The molecule has 21 heavy (non-hydrogen) atoms. The zero-order valence-corrected chi connectivity index (χ0v) is 11.7. The molecular formula is C16H15FN2O2. The Balaban J connectivity index is 2.14. The van der Waals surface area contributed by atoms with Gasteiger partial charge in [0.15, 0.2) is 0 Å². The second kappa shape index (κ2) is 6.17. The molecule has 4 nitrogen and oxygen atoms in total. The van der Waals surface area contributed by atoms with Gasteiger partial charge < -0.3 is 10.5 Å². The summed E-state index contributed by atoms with van der Waals surface area (Å²) < 4.78 is 13.2. The van der Waals surface area contributed by atoms with Gasteiger partial charge in [-0.1, -0.05) is 17.3 Å². The topological polar surface area (TPSA) is 61.7 Å². The van der Waals surface area contributed by atoms with Crippen molar-refractivity contribution in [1.82, 2.24) is 0 Å². The molecule has 0 saturated heterocycles. The van der Waals surface area contributed by atoms with Crippen molar-refractivity contribution in [2.75, 3.05) is 5.32 Å². The van der Waals surface area contributed by atoms with Crippen LogP contribution in [0.25, 0.3) is 0 Å². The van der Waals surface area contributed by atoms with Crippen molar-refractivity contribution in [3.63, 3.8) is 0 Å². The van der Waals surface area contributed by atoms with Gasteiger partial charge in [-0.15, -0.1) is 0 Å². The van der Waals surface area contributed by atoms with Crippen molar-refractivity contribution in [3.05, 3.63) is 65.0 Å². The number of amides is 1. The third-order valence-corrected chi connectivity index (χ3v) is 3.13. The van der Waals surface area contributed by atoms with E-state index in [0.717, 1.165) is 5.56 Å². The van der Waals surface area contributed by atoms with Crippen LogP contribution < -0.4 is 5.32 Å². The number of hydrogen-bond donors (Lipinski definition) is 2. The number of nitrogens with one attached hydrogen (secondary N) is 1. The zero-order chi connectivity index (χ0) is 15.4. The standard InChI is InChI=1S/C16H15FN2O2/c1-10-9-13(5-8-15(10)17)16(20)18-14-6-3-12(4-7-14)11(2)19-21/h3-9,21H,1-2H3,(H,18,20). The normalized spacial score (nSPS) is 11.3. The Labute approximate surface area is 121 Å². The van der Waals surface area contributed by atoms with E-state index >= 15 is 0 Å². The van der Waals surface area contributed by atoms with Crippen molar-refractivity contribution >= 4 is 17.3 Å². The molecule has 5 heteroatoms. The summed E-state index contributed by atoms with van der Waals surface area (Å²) in [4.78, 5) is 12.1. The van der Waals surface area contributed by atoms with E-state index in [-0.39, 0.29) is 11.7 Å². The molecule has 2 aromatic carbocycles. The Kier molecular flexibility index (Phi) is 4.33. The summed E-state index contributed by atoms with van der Waals surface area (Å²) in [6.45, 7) is 3.28. The number of halogens is 1. The van der Waals surface area contributed by atoms with E-state index in [9.17, 15) is 9.18 Å². The fourth-order valence-electron chi connectivity index (χ4n) is 1.84. The number of anilines is 1. The van der Waals surface area contributed by atoms with Gasteiger partial charge in [-0.05, 0) is 55.3 Å². The first-order chi connectivity index (χ1) is 10.0. The number of hydrogen-bond acceptors (Lipinski definition) is 3. The molecule has 0 bridgehead atoms. The van der Waals surface area contributed by atoms with Gasteiger partial charge >= 0.3 is 0 Å². The second-order valence-electron chi connectivity index (χ2n) is 4.68. The fraction of sp³-hybridized carbons (Fsp3) is 0.125. The van der Waals surface area contributed by atoms with E-state index in [0.29, 0.717) is 22.5 Å². The monoisotopic (exact) mass is 286 g/mol. The molecular weight excluding hydrogens is 271 g/mol. The van der Waals surface area contributed by atoms with Gasteiger partial charge in [0, 0.05) is 11.3 Å². The third kappa shape index (κ3) is 3.45. The molecule has 0 aliphatic rings. The maximum Gasteiger partial charge on any atom is 0.255 e. The minimum Gasteiger partial charge on any atom is -0.411 e. The first-order valence-electron chi connectivity index (χ1n) is 6.38. The molecule has 0 radical (unpaired) electrons. The summed E-state index contributed by atoms with van der Waals surface area (Å²) >= 11 is 0. The lowest BCUT2D eigenvalue weighted by molar-refractivity contribution is 0.102. The van der Waals surface area contributed by atoms with Gasteiger partial charge in [0.25, 0.3) is 5.91 Å². The predicted molar refractivity (Wildman–Crippen MR) is 79.5 cm³/mol. The van der Waals surface area contributed by atoms with Crippen molar-refractivity contribution < 1.29 is 14.4 Å². The second-order valence-corrected chi connectivity index (χ2v) is 4.68. The highest BCUT2D eigenvalue weighted by Crippen LogP contribution is 2.14. The quantitative estimate of drug-likeness (QED) is 0.514. The maximum atomic E-state index is 13.2. The van der Waals surface area contributed by atoms with Gasteiger partial charge in [0.05, 0.1) is 5.71 Å². The Morgan fingerprint density at radius 1 is 1.14 bits per heavy atom. The van der Waals surface area contributed by atoms with Crippen molar-refractivity contribution in [3.8, 4) is 0 Å². The van der Waals surface area contributed by atoms with Gasteiger partial charge in [-0.2, -0.15) is 0 Å². The molecule has 0 atom stereocenters. The van der Waals surface area contributed by atoms with Crippen LogP contribution in [0.15, 0.2) is 47.6 Å². The van der Waals surface area contributed by atoms with Crippen LogP contribution in [-0.2, 0) is 0 Å². The lowest BCUT2D eigenvalue weighted by Crippen LogP contribution is -2.12. The number of carbonyl (C=O) groups is 1. The molecule has 0 aliphatic heterocycles. The Bertz CT molecular complexity index is 694. The molecule has 0 aromatic heterocycles. The molecule has 2 aromatic rings. The molecule has 2 rings (SSSR count). The number of benzene rings is 2. The van der Waals surface area contributed by atoms with Crippen LogP contribution in [0.2, 0.25) is 0 Å². The smallest absolute Gasteiger partial charge is 0.255 e. The molecule has 0 spiro atoms. The number of nitrogens with zero attached hydrogens (tertiary/aromatic N) is 1. The summed E-state index contributed by atoms with van der Waals surface area (Å²) in [6, 6.07) is 11.1. The molecule has 0 heterocycles. The predicted octanol–water partition coefficient (Wildman–Crippen LogP) is 3.58. The van der Waals surface area contributed by atoms with Gasteiger partial charge in [0.1, 0.15) is 5.82 Å². The summed E-state index contributed by atoms with van der Waals surface area (Å²) in [6.07, 6.45) is 0. The van der Waals surface area contributed by atoms with E-state index in [2.05, 4.69) is 10.5 Å². The molecule has 0 saturated carbocycles. The maximum absolute atomic E-state index is 13.2. The Morgan fingerprint density at radius 3 is 2.33 bits per heavy atom. The highest BCUT2D eigenvalue weighted by Gasteiger charge is 2.08. The van der Waals surface area contributed by atoms with Gasteiger partial charge in [-0.25, -0.2) is 4.39 Å². The van der Waals surface area contributed by atoms with Crippen molar-refractivity contribution in [2.45, 2.75) is 13.8 Å². The summed E-state index contributed by atoms with van der Waals surface area (Å²) in [5.41, 5.74) is 2.67. The molecule has 108 valence electrons. The van der Waals surface area contributed by atoms with Gasteiger partial charge in [0.2, 0.25) is 0 Å². The SMILES string of the molecule is CC(=NO)c1ccc(NC(=O)c2ccc(F)c(C)c2)cc1. The van der Waals surface area contributed by atoms with Crippen LogP contribution in [0, 0.1) is 12.7 Å². The van der Waals surface area contributed by atoms with Crippen molar-refractivity contribution in [1.29, 1.82) is 0 Å². The van der Waals surface area contributed by atoms with E-state index in [4.69, 9.17) is 5.21 Å². The summed E-state index contributed by atoms with van der Waals surface area (Å²) in [7, 11) is 0. The minimum absolute atomic E-state index is 0.307. The Morgan fingerprint density at radius 2 is 1.76 bits per heavy atom. The number of rotatable bonds is 3. The average Bonchev–Trinajstić information content (AvgIpc) is 2.50. The highest BCUT2D eigenvalue weighted by atomic mass is 19.1. The molecule has 1 amide bonds. The van der Waals surface area contributed by atoms with E-state index in [1.807, 2.05) is 0 Å². The van der Waals surface area contributed by atoms with E-state index < -0.39 is 0 Å². The molecule has 0 unspecified atom stereocenters. The number of carbonyl (C=O) groups excluding carboxylic acids is 1. The zero-order valence-electron chi connectivity index (χ0n) is 11.7. The lowest BCUT2D eigenvalue weighted by Gasteiger charge is -2.07. The highest BCUT2D eigenvalue weighted by molar-refractivity contribution is 6.05. The fourth-order valence-corrected chi connectivity index (χ4v) is 1.84. The molecule has 0 fully saturated rings. The van der Waals surface area contributed by atoms with Crippen molar-refractivity contribution in [2.24, 2.45) is 5.16 Å². The number of aryl methyl sites for hydroxylation is 1. The van der Waals surface area contributed by atoms with E-state index in [1.165, 1.54) is 18.2 Å². The molecule has 0 aliphatic carbocycles. The first-order valence-corrected chi connectivity index (χ1v) is 6.38. The average molecular weight is 286 g/mol. The van der Waals surface area contributed by atoms with Crippen LogP contribution in [-0.4, -0.2) is 16.8 Å². The van der Waals surface area contributed by atoms with E-state index in [1.54, 1.807) is 38.1 Å². The van der Waals surface area contributed by atoms with Crippen LogP contribution in [0.5, 0.6) is 0 Å². The summed E-state index contributed by atoms with van der Waals surface area (Å²) in [5, 5.41) is 14.5. The Hall–Kier alpha value is -2.69. The van der Waals surface area contributed by atoms with Crippen LogP contribution >= 0.6 is 0 Å². The number of oxime groups is 1. The van der Waals surface area contributed by atoms with Crippen LogP contribution in [0.3, 0.4) is 0 Å². The first kappa shape index (κ1) is 14.7. The van der Waals surface area contributed by atoms with Crippen LogP contribution in [0.4, 0.5) is 10.1 Å². The molecule has 2 N–H and O–H groups in total. The van der Waals surface area contributed by atoms with Crippen LogP contribution in [0.1, 0.15) is 28.4 Å². The third-order valence-electron chi connectivity index (χ3n) is 3.13. The summed E-state index contributed by atoms with van der Waals surface area (Å²) in [5.74, 6) is -0.645. The largest absolute Gasteiger partial charge is 0.411 e. The lowest BCUT2D eigenvalue weighted by atomic mass is 10.1.